The SMILES string of the molecule is CCN=CC(C=N)c1cc(C(=N)c2cccc(N3CCNCC(N)C3)n2)c(N)cn1. The maximum absolute atomic E-state index is 8.72. The summed E-state index contributed by atoms with van der Waals surface area (Å²) in [7, 11) is 0. The predicted molar refractivity (Wildman–Crippen MR) is 122 cm³/mol. The van der Waals surface area contributed by atoms with E-state index in [2.05, 4.69) is 20.2 Å². The molecule has 7 N–H and O–H groups in total. The Kier molecular flexibility index (Phi) is 7.21. The number of nitrogen functional groups attached to an aromatic ring is 1. The Bertz CT molecular complexity index is 924. The molecule has 3 heterocycles. The number of pyridine rings is 2. The first-order valence-corrected chi connectivity index (χ1v) is 10.1. The fourth-order valence-corrected chi connectivity index (χ4v) is 3.33. The van der Waals surface area contributed by atoms with Crippen molar-refractivity contribution >= 4 is 29.6 Å². The highest BCUT2D eigenvalue weighted by molar-refractivity contribution is 6.13. The molecule has 0 aliphatic carbocycles. The molecule has 9 nitrogen and oxygen atoms in total. The van der Waals surface area contributed by atoms with Crippen LogP contribution in [0.4, 0.5) is 11.5 Å². The topological polar surface area (TPSA) is 153 Å². The van der Waals surface area contributed by atoms with Gasteiger partial charge in [-0.25, -0.2) is 4.98 Å². The summed E-state index contributed by atoms with van der Waals surface area (Å²) in [5.41, 5.74) is 14.6. The van der Waals surface area contributed by atoms with Gasteiger partial charge in [0.2, 0.25) is 0 Å². The second kappa shape index (κ2) is 10.0. The lowest BCUT2D eigenvalue weighted by Crippen LogP contribution is -2.39. The van der Waals surface area contributed by atoms with Crippen LogP contribution >= 0.6 is 0 Å². The molecule has 0 radical (unpaired) electrons. The van der Waals surface area contributed by atoms with Crippen molar-refractivity contribution in [3.05, 3.63) is 47.4 Å². The first-order valence-electron chi connectivity index (χ1n) is 10.1. The monoisotopic (exact) mass is 407 g/mol. The minimum atomic E-state index is -0.359. The summed E-state index contributed by atoms with van der Waals surface area (Å²) in [5, 5.41) is 19.7. The molecule has 0 spiro atoms. The maximum Gasteiger partial charge on any atom is 0.129 e. The molecule has 0 bridgehead atoms. The summed E-state index contributed by atoms with van der Waals surface area (Å²) in [6.45, 7) is 5.68. The lowest BCUT2D eigenvalue weighted by atomic mass is 10.0. The molecule has 9 heteroatoms. The van der Waals surface area contributed by atoms with Crippen molar-refractivity contribution in [2.45, 2.75) is 18.9 Å². The minimum Gasteiger partial charge on any atom is -0.397 e. The number of nitrogens with one attached hydrogen (secondary N) is 3. The Morgan fingerprint density at radius 2 is 2.30 bits per heavy atom. The first-order chi connectivity index (χ1) is 14.5. The van der Waals surface area contributed by atoms with Crippen LogP contribution in [0, 0.1) is 10.8 Å². The molecule has 3 rings (SSSR count). The first kappa shape index (κ1) is 21.5. The fourth-order valence-electron chi connectivity index (χ4n) is 3.33. The molecule has 2 aromatic heterocycles. The van der Waals surface area contributed by atoms with Gasteiger partial charge in [-0.15, -0.1) is 0 Å². The molecule has 30 heavy (non-hydrogen) atoms. The van der Waals surface area contributed by atoms with Crippen molar-refractivity contribution in [3.8, 4) is 0 Å². The van der Waals surface area contributed by atoms with Crippen molar-refractivity contribution < 1.29 is 0 Å². The van der Waals surface area contributed by atoms with Gasteiger partial charge in [0, 0.05) is 56.8 Å². The smallest absolute Gasteiger partial charge is 0.129 e. The molecule has 2 atom stereocenters. The largest absolute Gasteiger partial charge is 0.397 e. The summed E-state index contributed by atoms with van der Waals surface area (Å²) < 4.78 is 0. The third-order valence-electron chi connectivity index (χ3n) is 4.93. The van der Waals surface area contributed by atoms with Gasteiger partial charge in [-0.3, -0.25) is 15.4 Å². The third kappa shape index (κ3) is 5.05. The van der Waals surface area contributed by atoms with Gasteiger partial charge in [0.25, 0.3) is 0 Å². The zero-order valence-corrected chi connectivity index (χ0v) is 17.2. The van der Waals surface area contributed by atoms with E-state index in [1.54, 1.807) is 18.3 Å². The second-order valence-electron chi connectivity index (χ2n) is 7.20. The zero-order valence-electron chi connectivity index (χ0n) is 17.2. The van der Waals surface area contributed by atoms with Gasteiger partial charge in [0.15, 0.2) is 0 Å². The zero-order chi connectivity index (χ0) is 21.5. The van der Waals surface area contributed by atoms with Crippen LogP contribution < -0.4 is 21.7 Å². The highest BCUT2D eigenvalue weighted by Crippen LogP contribution is 2.21. The van der Waals surface area contributed by atoms with Gasteiger partial charge >= 0.3 is 0 Å². The summed E-state index contributed by atoms with van der Waals surface area (Å²) in [5.74, 6) is 0.430. The van der Waals surface area contributed by atoms with E-state index in [1.807, 2.05) is 19.1 Å². The van der Waals surface area contributed by atoms with Crippen molar-refractivity contribution in [2.75, 3.05) is 43.4 Å². The van der Waals surface area contributed by atoms with E-state index >= 15 is 0 Å². The van der Waals surface area contributed by atoms with Crippen molar-refractivity contribution in [3.63, 3.8) is 0 Å². The number of aromatic nitrogens is 2. The number of hydrogen-bond acceptors (Lipinski definition) is 9. The number of nitrogens with zero attached hydrogens (tertiary/aromatic N) is 4. The average Bonchev–Trinajstić information content (AvgIpc) is 2.99. The van der Waals surface area contributed by atoms with Crippen LogP contribution in [0.15, 0.2) is 35.5 Å². The maximum atomic E-state index is 8.72. The lowest BCUT2D eigenvalue weighted by Gasteiger charge is -2.23. The Morgan fingerprint density at radius 3 is 3.07 bits per heavy atom. The van der Waals surface area contributed by atoms with Crippen LogP contribution in [0.5, 0.6) is 0 Å². The molecule has 0 saturated carbocycles. The standard InChI is InChI=1S/C21H29N9/c1-2-26-10-14(9-22)19-8-16(17(24)12-28-19)21(25)18-4-3-5-20(29-18)30-7-6-27-11-15(23)13-30/h3-5,8-10,12,14-15,22,25,27H,2,6-7,11,13,23-24H2,1H3. The van der Waals surface area contributed by atoms with E-state index in [1.165, 1.54) is 12.4 Å². The van der Waals surface area contributed by atoms with Crippen LogP contribution in [-0.2, 0) is 0 Å². The average molecular weight is 408 g/mol. The summed E-state index contributed by atoms with van der Waals surface area (Å²) in [6.07, 6.45) is 4.49. The molecule has 1 fully saturated rings. The van der Waals surface area contributed by atoms with E-state index in [9.17, 15) is 0 Å². The Balaban J connectivity index is 1.90. The molecule has 1 aliphatic heterocycles. The fraction of sp³-hybridized carbons (Fsp3) is 0.381. The molecule has 1 aliphatic rings. The van der Waals surface area contributed by atoms with Crippen LogP contribution in [0.25, 0.3) is 0 Å². The molecule has 0 aromatic carbocycles. The Hall–Kier alpha value is -3.17. The highest BCUT2D eigenvalue weighted by Gasteiger charge is 2.19. The molecule has 1 saturated heterocycles. The van der Waals surface area contributed by atoms with Gasteiger partial charge in [-0.2, -0.15) is 0 Å². The van der Waals surface area contributed by atoms with Gasteiger partial charge in [-0.05, 0) is 25.1 Å². The molecular weight excluding hydrogens is 378 g/mol. The van der Waals surface area contributed by atoms with Gasteiger partial charge in [0.05, 0.1) is 34.9 Å². The van der Waals surface area contributed by atoms with E-state index in [4.69, 9.17) is 27.3 Å². The van der Waals surface area contributed by atoms with Gasteiger partial charge in [-0.1, -0.05) is 6.07 Å². The lowest BCUT2D eigenvalue weighted by molar-refractivity contribution is 0.634. The van der Waals surface area contributed by atoms with Crippen LogP contribution in [-0.4, -0.2) is 66.9 Å². The quantitative estimate of drug-likeness (QED) is 0.432. The normalized spacial score (nSPS) is 18.2. The molecule has 2 unspecified atom stereocenters. The van der Waals surface area contributed by atoms with Gasteiger partial charge < -0.3 is 27.1 Å². The summed E-state index contributed by atoms with van der Waals surface area (Å²) >= 11 is 0. The number of nitrogens with two attached hydrogens (primary N) is 2. The highest BCUT2D eigenvalue weighted by atomic mass is 15.2. The van der Waals surface area contributed by atoms with Crippen molar-refractivity contribution in [1.82, 2.24) is 15.3 Å². The van der Waals surface area contributed by atoms with Crippen LogP contribution in [0.3, 0.4) is 0 Å². The minimum absolute atomic E-state index is 0.0265. The van der Waals surface area contributed by atoms with E-state index in [0.717, 1.165) is 25.5 Å². The third-order valence-corrected chi connectivity index (χ3v) is 4.93. The van der Waals surface area contributed by atoms with E-state index in [-0.39, 0.29) is 17.7 Å². The number of rotatable bonds is 7. The number of aliphatic imine (C=N–C) groups is 1. The van der Waals surface area contributed by atoms with E-state index in [0.29, 0.717) is 35.7 Å². The van der Waals surface area contributed by atoms with Crippen LogP contribution in [0.1, 0.15) is 29.8 Å². The van der Waals surface area contributed by atoms with Crippen molar-refractivity contribution in [2.24, 2.45) is 10.7 Å². The van der Waals surface area contributed by atoms with Crippen molar-refractivity contribution in [1.29, 1.82) is 10.8 Å². The van der Waals surface area contributed by atoms with Crippen LogP contribution in [0.2, 0.25) is 0 Å². The molecule has 0 amide bonds. The number of hydrogen-bond donors (Lipinski definition) is 5. The van der Waals surface area contributed by atoms with Gasteiger partial charge in [0.1, 0.15) is 5.82 Å². The number of anilines is 2. The molecule has 158 valence electrons. The molecule has 2 aromatic rings. The summed E-state index contributed by atoms with van der Waals surface area (Å²) in [4.78, 5) is 15.4. The molecular formula is C21H29N9. The Morgan fingerprint density at radius 1 is 1.47 bits per heavy atom. The van der Waals surface area contributed by atoms with E-state index < -0.39 is 0 Å². The summed E-state index contributed by atoms with van der Waals surface area (Å²) in [6, 6.07) is 7.40. The second-order valence-corrected chi connectivity index (χ2v) is 7.20. The Labute approximate surface area is 176 Å². The predicted octanol–water partition coefficient (Wildman–Crippen LogP) is 1.04.